The van der Waals surface area contributed by atoms with Crippen molar-refractivity contribution in [1.29, 1.82) is 0 Å². The van der Waals surface area contributed by atoms with Crippen LogP contribution in [0.25, 0.3) is 0 Å². The molecule has 0 bridgehead atoms. The van der Waals surface area contributed by atoms with Crippen molar-refractivity contribution in [3.8, 4) is 0 Å². The lowest BCUT2D eigenvalue weighted by atomic mass is 9.80. The SMILES string of the molecule is CCC(CC)(CNC(C)(C)C)CN1CCCC(C)(C)CC1. The topological polar surface area (TPSA) is 15.3 Å². The van der Waals surface area contributed by atoms with Crippen LogP contribution in [0.3, 0.4) is 0 Å². The van der Waals surface area contributed by atoms with E-state index in [1.54, 1.807) is 0 Å². The number of nitrogens with one attached hydrogen (secondary N) is 1. The lowest BCUT2D eigenvalue weighted by Crippen LogP contribution is -2.48. The second-order valence-electron chi connectivity index (χ2n) is 9.10. The first-order chi connectivity index (χ1) is 9.61. The van der Waals surface area contributed by atoms with Crippen LogP contribution in [0, 0.1) is 10.8 Å². The zero-order valence-corrected chi connectivity index (χ0v) is 15.8. The van der Waals surface area contributed by atoms with Crippen LogP contribution in [-0.2, 0) is 0 Å². The molecule has 2 nitrogen and oxygen atoms in total. The zero-order chi connectivity index (χ0) is 16.1. The Morgan fingerprint density at radius 3 is 2.14 bits per heavy atom. The minimum absolute atomic E-state index is 0.219. The molecule has 1 aliphatic heterocycles. The second-order valence-corrected chi connectivity index (χ2v) is 9.10. The van der Waals surface area contributed by atoms with Gasteiger partial charge >= 0.3 is 0 Å². The molecule has 0 aliphatic carbocycles. The number of rotatable bonds is 6. The van der Waals surface area contributed by atoms with Crippen LogP contribution in [-0.4, -0.2) is 36.6 Å². The van der Waals surface area contributed by atoms with Crippen molar-refractivity contribution in [2.45, 2.75) is 86.1 Å². The molecule has 1 fully saturated rings. The van der Waals surface area contributed by atoms with Gasteiger partial charge in [-0.15, -0.1) is 0 Å². The van der Waals surface area contributed by atoms with Crippen molar-refractivity contribution in [3.63, 3.8) is 0 Å². The van der Waals surface area contributed by atoms with Crippen molar-refractivity contribution < 1.29 is 0 Å². The molecule has 0 radical (unpaired) electrons. The summed E-state index contributed by atoms with van der Waals surface area (Å²) >= 11 is 0. The highest BCUT2D eigenvalue weighted by Crippen LogP contribution is 2.33. The van der Waals surface area contributed by atoms with Gasteiger partial charge in [0.1, 0.15) is 0 Å². The molecular weight excluding hydrogens is 256 g/mol. The van der Waals surface area contributed by atoms with Gasteiger partial charge in [-0.1, -0.05) is 27.7 Å². The predicted molar refractivity (Wildman–Crippen MR) is 94.8 cm³/mol. The number of hydrogen-bond acceptors (Lipinski definition) is 2. The molecule has 1 heterocycles. The Labute approximate surface area is 134 Å². The molecule has 0 spiro atoms. The molecule has 1 N–H and O–H groups in total. The number of hydrogen-bond donors (Lipinski definition) is 1. The van der Waals surface area contributed by atoms with Gasteiger partial charge in [0.15, 0.2) is 0 Å². The van der Waals surface area contributed by atoms with E-state index in [1.165, 1.54) is 51.7 Å². The molecule has 0 aromatic heterocycles. The van der Waals surface area contributed by atoms with E-state index in [2.05, 4.69) is 58.7 Å². The van der Waals surface area contributed by atoms with E-state index >= 15 is 0 Å². The minimum atomic E-state index is 0.219. The molecule has 126 valence electrons. The summed E-state index contributed by atoms with van der Waals surface area (Å²) in [4.78, 5) is 2.74. The lowest BCUT2D eigenvalue weighted by Gasteiger charge is -2.39. The average Bonchev–Trinajstić information content (AvgIpc) is 2.55. The van der Waals surface area contributed by atoms with Gasteiger partial charge < -0.3 is 10.2 Å². The highest BCUT2D eigenvalue weighted by molar-refractivity contribution is 4.87. The van der Waals surface area contributed by atoms with Crippen LogP contribution in [0.5, 0.6) is 0 Å². The van der Waals surface area contributed by atoms with E-state index in [0.717, 1.165) is 6.54 Å². The van der Waals surface area contributed by atoms with Crippen LogP contribution in [0.2, 0.25) is 0 Å². The maximum absolute atomic E-state index is 3.76. The fourth-order valence-electron chi connectivity index (χ4n) is 3.34. The van der Waals surface area contributed by atoms with Crippen molar-refractivity contribution >= 4 is 0 Å². The summed E-state index contributed by atoms with van der Waals surface area (Å²) in [6.07, 6.45) is 6.64. The first kappa shape index (κ1) is 19.0. The first-order valence-electron chi connectivity index (χ1n) is 9.09. The van der Waals surface area contributed by atoms with Crippen LogP contribution >= 0.6 is 0 Å². The molecule has 1 rings (SSSR count). The van der Waals surface area contributed by atoms with Crippen LogP contribution in [0.4, 0.5) is 0 Å². The van der Waals surface area contributed by atoms with E-state index in [9.17, 15) is 0 Å². The standard InChI is InChI=1S/C19H40N2/c1-8-19(9-2,15-20-17(3,4)5)16-21-13-10-11-18(6,7)12-14-21/h20H,8-16H2,1-7H3. The van der Waals surface area contributed by atoms with Crippen molar-refractivity contribution in [2.75, 3.05) is 26.2 Å². The molecule has 1 saturated heterocycles. The Hall–Kier alpha value is -0.0800. The summed E-state index contributed by atoms with van der Waals surface area (Å²) in [5, 5.41) is 3.76. The molecule has 0 atom stereocenters. The highest BCUT2D eigenvalue weighted by Gasteiger charge is 2.32. The summed E-state index contributed by atoms with van der Waals surface area (Å²) in [6, 6.07) is 0. The van der Waals surface area contributed by atoms with Crippen LogP contribution in [0.1, 0.15) is 80.6 Å². The normalized spacial score (nSPS) is 21.3. The summed E-state index contributed by atoms with van der Waals surface area (Å²) in [5.41, 5.74) is 1.19. The molecule has 0 unspecified atom stereocenters. The van der Waals surface area contributed by atoms with E-state index in [4.69, 9.17) is 0 Å². The minimum Gasteiger partial charge on any atom is -0.311 e. The largest absolute Gasteiger partial charge is 0.311 e. The molecule has 0 aromatic rings. The number of likely N-dealkylation sites (tertiary alicyclic amines) is 1. The highest BCUT2D eigenvalue weighted by atomic mass is 15.1. The zero-order valence-electron chi connectivity index (χ0n) is 15.8. The molecule has 0 aromatic carbocycles. The van der Waals surface area contributed by atoms with Crippen molar-refractivity contribution in [3.05, 3.63) is 0 Å². The molecule has 2 heteroatoms. The van der Waals surface area contributed by atoms with Crippen LogP contribution in [0.15, 0.2) is 0 Å². The Kier molecular flexibility index (Phi) is 6.74. The fourth-order valence-corrected chi connectivity index (χ4v) is 3.34. The summed E-state index contributed by atoms with van der Waals surface area (Å²) < 4.78 is 0. The maximum atomic E-state index is 3.76. The van der Waals surface area contributed by atoms with Gasteiger partial charge in [-0.25, -0.2) is 0 Å². The third-order valence-corrected chi connectivity index (χ3v) is 5.49. The van der Waals surface area contributed by atoms with Gasteiger partial charge in [-0.2, -0.15) is 0 Å². The van der Waals surface area contributed by atoms with Gasteiger partial charge in [0.25, 0.3) is 0 Å². The maximum Gasteiger partial charge on any atom is 0.00967 e. The van der Waals surface area contributed by atoms with Gasteiger partial charge in [0.2, 0.25) is 0 Å². The van der Waals surface area contributed by atoms with Gasteiger partial charge in [-0.3, -0.25) is 0 Å². The smallest absolute Gasteiger partial charge is 0.00967 e. The predicted octanol–water partition coefficient (Wildman–Crippen LogP) is 4.69. The van der Waals surface area contributed by atoms with Crippen molar-refractivity contribution in [2.24, 2.45) is 10.8 Å². The monoisotopic (exact) mass is 296 g/mol. The molecule has 0 saturated carbocycles. The van der Waals surface area contributed by atoms with E-state index in [1.807, 2.05) is 0 Å². The van der Waals surface area contributed by atoms with E-state index < -0.39 is 0 Å². The fraction of sp³-hybridized carbons (Fsp3) is 1.00. The van der Waals surface area contributed by atoms with Gasteiger partial charge in [0, 0.05) is 18.6 Å². The summed E-state index contributed by atoms with van der Waals surface area (Å²) in [5.74, 6) is 0. The van der Waals surface area contributed by atoms with E-state index in [0.29, 0.717) is 10.8 Å². The van der Waals surface area contributed by atoms with Gasteiger partial charge in [-0.05, 0) is 76.8 Å². The van der Waals surface area contributed by atoms with Crippen molar-refractivity contribution in [1.82, 2.24) is 10.2 Å². The summed E-state index contributed by atoms with van der Waals surface area (Å²) in [7, 11) is 0. The van der Waals surface area contributed by atoms with E-state index in [-0.39, 0.29) is 5.54 Å². The number of nitrogens with zero attached hydrogens (tertiary/aromatic N) is 1. The first-order valence-corrected chi connectivity index (χ1v) is 9.09. The third kappa shape index (κ3) is 6.69. The lowest BCUT2D eigenvalue weighted by molar-refractivity contribution is 0.126. The molecule has 0 amide bonds. The quantitative estimate of drug-likeness (QED) is 0.764. The third-order valence-electron chi connectivity index (χ3n) is 5.49. The van der Waals surface area contributed by atoms with Gasteiger partial charge in [0.05, 0.1) is 0 Å². The second kappa shape index (κ2) is 7.46. The Bertz CT molecular complexity index is 297. The molecular formula is C19H40N2. The Balaban J connectivity index is 2.64. The molecule has 21 heavy (non-hydrogen) atoms. The average molecular weight is 297 g/mol. The Morgan fingerprint density at radius 1 is 1.00 bits per heavy atom. The summed E-state index contributed by atoms with van der Waals surface area (Å²) in [6.45, 7) is 21.4. The Morgan fingerprint density at radius 2 is 1.62 bits per heavy atom. The molecule has 1 aliphatic rings. The van der Waals surface area contributed by atoms with Crippen LogP contribution < -0.4 is 5.32 Å².